The van der Waals surface area contributed by atoms with E-state index in [2.05, 4.69) is 29.5 Å². The van der Waals surface area contributed by atoms with E-state index in [1.54, 1.807) is 23.0 Å². The number of rotatable bonds is 8. The number of nitrogens with zero attached hydrogens (tertiary/aromatic N) is 3. The van der Waals surface area contributed by atoms with Crippen LogP contribution in [-0.4, -0.2) is 48.1 Å². The second kappa shape index (κ2) is 10.6. The molecular formula is C26H32N4O4S. The SMILES string of the molecule is CCc1ccc(Cn2nccc2NC(=O)c2ccc(OC)c(S(=O)(=O)N3CCCCC3C)c2)cc1. The normalized spacial score (nSPS) is 16.7. The molecule has 2 aromatic carbocycles. The molecule has 1 unspecified atom stereocenters. The Morgan fingerprint density at radius 3 is 2.54 bits per heavy atom. The number of methoxy groups -OCH3 is 1. The fourth-order valence-corrected chi connectivity index (χ4v) is 6.26. The number of aryl methyl sites for hydroxylation is 1. The Balaban J connectivity index is 1.56. The maximum atomic E-state index is 13.5. The maximum Gasteiger partial charge on any atom is 0.256 e. The van der Waals surface area contributed by atoms with Gasteiger partial charge in [0, 0.05) is 24.2 Å². The first-order valence-corrected chi connectivity index (χ1v) is 13.4. The van der Waals surface area contributed by atoms with Gasteiger partial charge < -0.3 is 10.1 Å². The summed E-state index contributed by atoms with van der Waals surface area (Å²) < 4.78 is 35.5. The highest BCUT2D eigenvalue weighted by atomic mass is 32.2. The lowest BCUT2D eigenvalue weighted by Crippen LogP contribution is -2.42. The van der Waals surface area contributed by atoms with Crippen LogP contribution in [0.1, 0.15) is 54.6 Å². The third kappa shape index (κ3) is 5.41. The number of sulfonamides is 1. The standard InChI is InChI=1S/C26H32N4O4S/c1-4-20-8-10-21(11-9-20)18-29-25(14-15-27-29)28-26(31)22-12-13-23(34-3)24(17-22)35(32,33)30-16-6-5-7-19(30)2/h8-15,17,19H,4-7,16,18H2,1-3H3,(H,28,31). The summed E-state index contributed by atoms with van der Waals surface area (Å²) in [6, 6.07) is 14.4. The van der Waals surface area contributed by atoms with Crippen molar-refractivity contribution in [1.82, 2.24) is 14.1 Å². The van der Waals surface area contributed by atoms with Gasteiger partial charge in [0.05, 0.1) is 19.9 Å². The number of nitrogens with one attached hydrogen (secondary N) is 1. The Morgan fingerprint density at radius 2 is 1.86 bits per heavy atom. The number of hydrogen-bond donors (Lipinski definition) is 1. The summed E-state index contributed by atoms with van der Waals surface area (Å²) in [7, 11) is -2.39. The lowest BCUT2D eigenvalue weighted by atomic mass is 10.1. The summed E-state index contributed by atoms with van der Waals surface area (Å²) in [6.45, 7) is 4.99. The van der Waals surface area contributed by atoms with Crippen molar-refractivity contribution in [3.8, 4) is 5.75 Å². The van der Waals surface area contributed by atoms with Crippen molar-refractivity contribution in [2.75, 3.05) is 19.0 Å². The molecule has 0 spiro atoms. The number of aromatic nitrogens is 2. The Bertz CT molecular complexity index is 1280. The van der Waals surface area contributed by atoms with Crippen LogP contribution in [0.4, 0.5) is 5.82 Å². The zero-order chi connectivity index (χ0) is 25.0. The maximum absolute atomic E-state index is 13.5. The van der Waals surface area contributed by atoms with Crippen molar-refractivity contribution in [3.63, 3.8) is 0 Å². The van der Waals surface area contributed by atoms with E-state index in [-0.39, 0.29) is 22.3 Å². The number of ether oxygens (including phenoxy) is 1. The molecule has 35 heavy (non-hydrogen) atoms. The minimum Gasteiger partial charge on any atom is -0.495 e. The molecule has 1 aromatic heterocycles. The molecule has 0 saturated carbocycles. The Hall–Kier alpha value is -3.17. The first-order valence-electron chi connectivity index (χ1n) is 11.9. The molecule has 8 nitrogen and oxygen atoms in total. The lowest BCUT2D eigenvalue weighted by molar-refractivity contribution is 0.102. The summed E-state index contributed by atoms with van der Waals surface area (Å²) in [5, 5.41) is 7.20. The van der Waals surface area contributed by atoms with Gasteiger partial charge in [-0.15, -0.1) is 0 Å². The summed E-state index contributed by atoms with van der Waals surface area (Å²) >= 11 is 0. The van der Waals surface area contributed by atoms with Gasteiger partial charge >= 0.3 is 0 Å². The van der Waals surface area contributed by atoms with Crippen LogP contribution in [0.25, 0.3) is 0 Å². The fraction of sp³-hybridized carbons (Fsp3) is 0.385. The average Bonchev–Trinajstić information content (AvgIpc) is 3.30. The van der Waals surface area contributed by atoms with Crippen molar-refractivity contribution < 1.29 is 17.9 Å². The van der Waals surface area contributed by atoms with E-state index in [9.17, 15) is 13.2 Å². The molecule has 2 heterocycles. The second-order valence-electron chi connectivity index (χ2n) is 8.82. The lowest BCUT2D eigenvalue weighted by Gasteiger charge is -2.32. The molecule has 1 amide bonds. The zero-order valence-corrected chi connectivity index (χ0v) is 21.2. The smallest absolute Gasteiger partial charge is 0.256 e. The highest BCUT2D eigenvalue weighted by Crippen LogP contribution is 2.32. The second-order valence-corrected chi connectivity index (χ2v) is 10.7. The number of benzene rings is 2. The van der Waals surface area contributed by atoms with Crippen LogP contribution in [0, 0.1) is 0 Å². The van der Waals surface area contributed by atoms with Gasteiger partial charge in [0.1, 0.15) is 16.5 Å². The van der Waals surface area contributed by atoms with Crippen molar-refractivity contribution >= 4 is 21.7 Å². The van der Waals surface area contributed by atoms with E-state index in [0.29, 0.717) is 18.9 Å². The van der Waals surface area contributed by atoms with Crippen LogP contribution in [-0.2, 0) is 23.0 Å². The van der Waals surface area contributed by atoms with Crippen molar-refractivity contribution in [2.45, 2.75) is 57.0 Å². The molecule has 4 rings (SSSR count). The van der Waals surface area contributed by atoms with E-state index < -0.39 is 15.9 Å². The molecular weight excluding hydrogens is 464 g/mol. The summed E-state index contributed by atoms with van der Waals surface area (Å²) in [5.41, 5.74) is 2.55. The topological polar surface area (TPSA) is 93.5 Å². The third-order valence-electron chi connectivity index (χ3n) is 6.48. The minimum absolute atomic E-state index is 0.00548. The number of carbonyl (C=O) groups is 1. The van der Waals surface area contributed by atoms with Crippen LogP contribution in [0.3, 0.4) is 0 Å². The molecule has 0 aliphatic carbocycles. The number of carbonyl (C=O) groups excluding carboxylic acids is 1. The molecule has 0 radical (unpaired) electrons. The Morgan fingerprint density at radius 1 is 1.11 bits per heavy atom. The summed E-state index contributed by atoms with van der Waals surface area (Å²) in [5.74, 6) is 0.332. The Labute approximate surface area is 207 Å². The molecule has 186 valence electrons. The van der Waals surface area contributed by atoms with Crippen LogP contribution >= 0.6 is 0 Å². The minimum atomic E-state index is -3.82. The van der Waals surface area contributed by atoms with Crippen molar-refractivity contribution in [1.29, 1.82) is 0 Å². The van der Waals surface area contributed by atoms with Gasteiger partial charge in [0.2, 0.25) is 10.0 Å². The number of anilines is 1. The van der Waals surface area contributed by atoms with Crippen LogP contribution < -0.4 is 10.1 Å². The van der Waals surface area contributed by atoms with E-state index >= 15 is 0 Å². The van der Waals surface area contributed by atoms with E-state index in [0.717, 1.165) is 31.2 Å². The zero-order valence-electron chi connectivity index (χ0n) is 20.4. The molecule has 1 aliphatic rings. The van der Waals surface area contributed by atoms with Gasteiger partial charge in [-0.25, -0.2) is 13.1 Å². The van der Waals surface area contributed by atoms with Crippen LogP contribution in [0.5, 0.6) is 5.75 Å². The van der Waals surface area contributed by atoms with Crippen molar-refractivity contribution in [2.24, 2.45) is 0 Å². The van der Waals surface area contributed by atoms with Crippen molar-refractivity contribution in [3.05, 3.63) is 71.4 Å². The van der Waals surface area contributed by atoms with Gasteiger partial charge in [-0.05, 0) is 55.5 Å². The predicted octanol–water partition coefficient (Wildman–Crippen LogP) is 4.32. The van der Waals surface area contributed by atoms with Gasteiger partial charge in [-0.2, -0.15) is 9.40 Å². The molecule has 1 atom stereocenters. The molecule has 9 heteroatoms. The molecule has 3 aromatic rings. The van der Waals surface area contributed by atoms with Gasteiger partial charge in [-0.3, -0.25) is 4.79 Å². The highest BCUT2D eigenvalue weighted by molar-refractivity contribution is 7.89. The molecule has 1 aliphatic heterocycles. The predicted molar refractivity (Wildman–Crippen MR) is 135 cm³/mol. The highest BCUT2D eigenvalue weighted by Gasteiger charge is 2.33. The third-order valence-corrected chi connectivity index (χ3v) is 8.51. The number of piperidine rings is 1. The van der Waals surface area contributed by atoms with E-state index in [1.807, 2.05) is 19.1 Å². The molecule has 1 saturated heterocycles. The van der Waals surface area contributed by atoms with Gasteiger partial charge in [-0.1, -0.05) is 37.6 Å². The summed E-state index contributed by atoms with van der Waals surface area (Å²) in [6.07, 6.45) is 5.23. The van der Waals surface area contributed by atoms with Crippen LogP contribution in [0.15, 0.2) is 59.6 Å². The average molecular weight is 497 g/mol. The van der Waals surface area contributed by atoms with Crippen LogP contribution in [0.2, 0.25) is 0 Å². The Kier molecular flexibility index (Phi) is 7.57. The molecule has 0 bridgehead atoms. The monoisotopic (exact) mass is 496 g/mol. The van der Waals surface area contributed by atoms with Gasteiger partial charge in [0.15, 0.2) is 0 Å². The first kappa shape index (κ1) is 24.9. The van der Waals surface area contributed by atoms with Gasteiger partial charge in [0.25, 0.3) is 5.91 Å². The quantitative estimate of drug-likeness (QED) is 0.501. The summed E-state index contributed by atoms with van der Waals surface area (Å²) in [4.78, 5) is 13.1. The molecule has 1 N–H and O–H groups in total. The van der Waals surface area contributed by atoms with E-state index in [1.165, 1.54) is 29.1 Å². The number of amides is 1. The fourth-order valence-electron chi connectivity index (χ4n) is 4.38. The van der Waals surface area contributed by atoms with E-state index in [4.69, 9.17) is 4.74 Å². The molecule has 1 fully saturated rings. The largest absolute Gasteiger partial charge is 0.495 e. The number of hydrogen-bond acceptors (Lipinski definition) is 5. The first-order chi connectivity index (χ1) is 16.8.